The third kappa shape index (κ3) is 2.56. The van der Waals surface area contributed by atoms with E-state index in [2.05, 4.69) is 5.10 Å². The van der Waals surface area contributed by atoms with Gasteiger partial charge in [-0.3, -0.25) is 9.48 Å². The molecular formula is C11H13F3N4O. The van der Waals surface area contributed by atoms with Gasteiger partial charge in [0.15, 0.2) is 0 Å². The molecule has 104 valence electrons. The van der Waals surface area contributed by atoms with Crippen molar-refractivity contribution in [2.45, 2.75) is 12.6 Å². The van der Waals surface area contributed by atoms with Gasteiger partial charge in [-0.05, 0) is 6.42 Å². The lowest BCUT2D eigenvalue weighted by molar-refractivity contribution is -0.0957. The fourth-order valence-electron chi connectivity index (χ4n) is 1.89. The van der Waals surface area contributed by atoms with E-state index in [0.717, 1.165) is 6.08 Å². The number of alkyl halides is 3. The molecule has 0 saturated heterocycles. The van der Waals surface area contributed by atoms with Gasteiger partial charge in [-0.25, -0.2) is 0 Å². The number of nitrogens with two attached hydrogens (primary N) is 1. The van der Waals surface area contributed by atoms with Gasteiger partial charge in [0, 0.05) is 25.7 Å². The average Bonchev–Trinajstić information content (AvgIpc) is 2.68. The van der Waals surface area contributed by atoms with E-state index in [-0.39, 0.29) is 30.9 Å². The largest absolute Gasteiger partial charge is 0.412 e. The van der Waals surface area contributed by atoms with E-state index in [1.807, 2.05) is 0 Å². The molecule has 0 aliphatic carbocycles. The molecule has 0 fully saturated rings. The molecule has 0 bridgehead atoms. The van der Waals surface area contributed by atoms with Crippen LogP contribution in [-0.4, -0.2) is 39.9 Å². The van der Waals surface area contributed by atoms with Crippen molar-refractivity contribution in [2.24, 2.45) is 7.05 Å². The molecule has 1 aromatic rings. The van der Waals surface area contributed by atoms with Gasteiger partial charge < -0.3 is 10.6 Å². The van der Waals surface area contributed by atoms with Gasteiger partial charge in [-0.2, -0.15) is 18.3 Å². The third-order valence-electron chi connectivity index (χ3n) is 3.08. The zero-order chi connectivity index (χ0) is 14.2. The molecule has 2 heterocycles. The van der Waals surface area contributed by atoms with Crippen molar-refractivity contribution in [1.82, 2.24) is 14.7 Å². The van der Waals surface area contributed by atoms with Crippen LogP contribution in [0, 0.1) is 0 Å². The number of aromatic nitrogens is 2. The molecule has 2 N–H and O–H groups in total. The molecule has 1 aliphatic rings. The minimum Gasteiger partial charge on any atom is -0.383 e. The second-order valence-electron chi connectivity index (χ2n) is 4.30. The van der Waals surface area contributed by atoms with E-state index in [1.54, 1.807) is 7.05 Å². The van der Waals surface area contributed by atoms with Crippen LogP contribution in [0.3, 0.4) is 0 Å². The van der Waals surface area contributed by atoms with Gasteiger partial charge in [0.1, 0.15) is 11.4 Å². The van der Waals surface area contributed by atoms with Gasteiger partial charge in [0.05, 0.1) is 6.20 Å². The first-order valence-electron chi connectivity index (χ1n) is 5.63. The Morgan fingerprint density at radius 3 is 2.58 bits per heavy atom. The number of halogens is 3. The molecule has 0 radical (unpaired) electrons. The number of nitrogen functional groups attached to an aromatic ring is 1. The fraction of sp³-hybridized carbons (Fsp3) is 0.455. The van der Waals surface area contributed by atoms with Crippen LogP contribution in [0.15, 0.2) is 17.8 Å². The van der Waals surface area contributed by atoms with Crippen LogP contribution in [0.25, 0.3) is 0 Å². The molecule has 19 heavy (non-hydrogen) atoms. The van der Waals surface area contributed by atoms with Crippen molar-refractivity contribution < 1.29 is 18.0 Å². The van der Waals surface area contributed by atoms with Crippen LogP contribution < -0.4 is 5.73 Å². The molecule has 0 aromatic carbocycles. The standard InChI is InChI=1S/C11H13F3N4O/c1-17-9(15)8(6-16-17)10(19)18-4-2-7(3-5-18)11(12,13)14/h2,6H,3-5,15H2,1H3. The summed E-state index contributed by atoms with van der Waals surface area (Å²) < 4.78 is 38.7. The molecule has 0 saturated carbocycles. The minimum atomic E-state index is -4.32. The number of anilines is 1. The number of carbonyl (C=O) groups excluding carboxylic acids is 1. The van der Waals surface area contributed by atoms with Crippen molar-refractivity contribution in [3.63, 3.8) is 0 Å². The first-order chi connectivity index (χ1) is 8.80. The fourth-order valence-corrected chi connectivity index (χ4v) is 1.89. The molecule has 5 nitrogen and oxygen atoms in total. The number of amides is 1. The van der Waals surface area contributed by atoms with Crippen LogP contribution >= 0.6 is 0 Å². The van der Waals surface area contributed by atoms with Crippen LogP contribution in [0.4, 0.5) is 19.0 Å². The number of hydrogen-bond donors (Lipinski definition) is 1. The second kappa shape index (κ2) is 4.60. The molecule has 1 aromatic heterocycles. The van der Waals surface area contributed by atoms with Crippen LogP contribution in [0.1, 0.15) is 16.8 Å². The minimum absolute atomic E-state index is 0.0263. The Morgan fingerprint density at radius 2 is 2.16 bits per heavy atom. The van der Waals surface area contributed by atoms with Crippen molar-refractivity contribution in [2.75, 3.05) is 18.8 Å². The smallest absolute Gasteiger partial charge is 0.383 e. The number of rotatable bonds is 1. The Morgan fingerprint density at radius 1 is 1.47 bits per heavy atom. The molecule has 1 aliphatic heterocycles. The molecule has 0 unspecified atom stereocenters. The Hall–Kier alpha value is -1.99. The zero-order valence-electron chi connectivity index (χ0n) is 10.2. The highest BCUT2D eigenvalue weighted by molar-refractivity contribution is 5.98. The highest BCUT2D eigenvalue weighted by atomic mass is 19.4. The van der Waals surface area contributed by atoms with Gasteiger partial charge in [-0.15, -0.1) is 0 Å². The van der Waals surface area contributed by atoms with Gasteiger partial charge in [0.2, 0.25) is 0 Å². The van der Waals surface area contributed by atoms with Crippen LogP contribution in [-0.2, 0) is 7.05 Å². The molecule has 0 atom stereocenters. The normalized spacial score (nSPS) is 16.4. The van der Waals surface area contributed by atoms with E-state index in [1.165, 1.54) is 15.8 Å². The summed E-state index contributed by atoms with van der Waals surface area (Å²) in [7, 11) is 1.59. The highest BCUT2D eigenvalue weighted by Gasteiger charge is 2.35. The highest BCUT2D eigenvalue weighted by Crippen LogP contribution is 2.30. The van der Waals surface area contributed by atoms with Crippen LogP contribution in [0.2, 0.25) is 0 Å². The molecule has 0 spiro atoms. The van der Waals surface area contributed by atoms with E-state index in [9.17, 15) is 18.0 Å². The van der Waals surface area contributed by atoms with E-state index in [4.69, 9.17) is 5.73 Å². The van der Waals surface area contributed by atoms with Crippen molar-refractivity contribution in [3.8, 4) is 0 Å². The van der Waals surface area contributed by atoms with Crippen molar-refractivity contribution in [3.05, 3.63) is 23.4 Å². The molecule has 8 heteroatoms. The summed E-state index contributed by atoms with van der Waals surface area (Å²) >= 11 is 0. The lowest BCUT2D eigenvalue weighted by Gasteiger charge is -2.27. The number of carbonyl (C=O) groups is 1. The Balaban J connectivity index is 2.12. The third-order valence-corrected chi connectivity index (χ3v) is 3.08. The van der Waals surface area contributed by atoms with E-state index >= 15 is 0 Å². The first kappa shape index (κ1) is 13.4. The summed E-state index contributed by atoms with van der Waals surface area (Å²) in [5.41, 5.74) is 5.29. The topological polar surface area (TPSA) is 64.2 Å². The quantitative estimate of drug-likeness (QED) is 0.786. The Labute approximate surface area is 107 Å². The van der Waals surface area contributed by atoms with Gasteiger partial charge in [0.25, 0.3) is 5.91 Å². The van der Waals surface area contributed by atoms with Gasteiger partial charge in [-0.1, -0.05) is 6.08 Å². The zero-order valence-corrected chi connectivity index (χ0v) is 10.2. The summed E-state index contributed by atoms with van der Waals surface area (Å²) in [4.78, 5) is 13.4. The van der Waals surface area contributed by atoms with Crippen molar-refractivity contribution >= 4 is 11.7 Å². The summed E-state index contributed by atoms with van der Waals surface area (Å²) in [6.07, 6.45) is -2.16. The van der Waals surface area contributed by atoms with E-state index in [0.29, 0.717) is 0 Å². The second-order valence-corrected chi connectivity index (χ2v) is 4.30. The van der Waals surface area contributed by atoms with Crippen molar-refractivity contribution in [1.29, 1.82) is 0 Å². The summed E-state index contributed by atoms with van der Waals surface area (Å²) in [6.45, 7) is -0.0411. The Kier molecular flexibility index (Phi) is 3.25. The maximum absolute atomic E-state index is 12.5. The maximum Gasteiger partial charge on any atom is 0.412 e. The number of nitrogens with zero attached hydrogens (tertiary/aromatic N) is 3. The van der Waals surface area contributed by atoms with E-state index < -0.39 is 17.7 Å². The summed E-state index contributed by atoms with van der Waals surface area (Å²) in [5.74, 6) is -0.196. The maximum atomic E-state index is 12.5. The molecular weight excluding hydrogens is 261 g/mol. The number of aryl methyl sites for hydroxylation is 1. The molecule has 1 amide bonds. The number of hydrogen-bond acceptors (Lipinski definition) is 3. The predicted octanol–water partition coefficient (Wildman–Crippen LogP) is 1.34. The summed E-state index contributed by atoms with van der Waals surface area (Å²) in [5, 5.41) is 3.84. The van der Waals surface area contributed by atoms with Crippen LogP contribution in [0.5, 0.6) is 0 Å². The lowest BCUT2D eigenvalue weighted by Crippen LogP contribution is -2.37. The SMILES string of the molecule is Cn1ncc(C(=O)N2CC=C(C(F)(F)F)CC2)c1N. The van der Waals surface area contributed by atoms with Gasteiger partial charge >= 0.3 is 6.18 Å². The lowest BCUT2D eigenvalue weighted by atomic mass is 10.1. The Bertz CT molecular complexity index is 533. The monoisotopic (exact) mass is 274 g/mol. The predicted molar refractivity (Wildman–Crippen MR) is 62.3 cm³/mol. The average molecular weight is 274 g/mol. The molecule has 2 rings (SSSR count). The first-order valence-corrected chi connectivity index (χ1v) is 5.63. The summed E-state index contributed by atoms with van der Waals surface area (Å²) in [6, 6.07) is 0.